The fourth-order valence-electron chi connectivity index (χ4n) is 0.971. The molecule has 15 heavy (non-hydrogen) atoms. The van der Waals surface area contributed by atoms with Gasteiger partial charge in [0.15, 0.2) is 0 Å². The summed E-state index contributed by atoms with van der Waals surface area (Å²) >= 11 is 0. The Labute approximate surface area is 87.4 Å². The zero-order valence-electron chi connectivity index (χ0n) is 8.40. The van der Waals surface area contributed by atoms with Gasteiger partial charge < -0.3 is 15.8 Å². The SMILES string of the molecule is NCCOCC(=O)NCCc1ncn[nH]1. The summed E-state index contributed by atoms with van der Waals surface area (Å²) in [6.45, 7) is 1.38. The number of rotatable bonds is 7. The Balaban J connectivity index is 2.02. The van der Waals surface area contributed by atoms with Crippen molar-refractivity contribution in [3.8, 4) is 0 Å². The molecule has 7 heteroatoms. The molecule has 7 nitrogen and oxygen atoms in total. The van der Waals surface area contributed by atoms with E-state index in [1.807, 2.05) is 0 Å². The van der Waals surface area contributed by atoms with Crippen LogP contribution >= 0.6 is 0 Å². The Morgan fingerprint density at radius 3 is 3.20 bits per heavy atom. The third kappa shape index (κ3) is 5.08. The van der Waals surface area contributed by atoms with Crippen LogP contribution in [0, 0.1) is 0 Å². The van der Waals surface area contributed by atoms with Gasteiger partial charge in [0.25, 0.3) is 0 Å². The van der Waals surface area contributed by atoms with Crippen molar-refractivity contribution in [2.75, 3.05) is 26.3 Å². The number of nitrogens with one attached hydrogen (secondary N) is 2. The molecule has 0 aromatic carbocycles. The monoisotopic (exact) mass is 213 g/mol. The molecule has 4 N–H and O–H groups in total. The van der Waals surface area contributed by atoms with E-state index in [2.05, 4.69) is 20.5 Å². The third-order valence-corrected chi connectivity index (χ3v) is 1.64. The molecule has 0 bridgehead atoms. The summed E-state index contributed by atoms with van der Waals surface area (Å²) in [5.74, 6) is 0.598. The molecule has 0 spiro atoms. The second-order valence-electron chi connectivity index (χ2n) is 2.87. The van der Waals surface area contributed by atoms with Gasteiger partial charge in [-0.25, -0.2) is 4.98 Å². The van der Waals surface area contributed by atoms with Crippen molar-refractivity contribution in [3.05, 3.63) is 12.2 Å². The van der Waals surface area contributed by atoms with Crippen molar-refractivity contribution in [2.24, 2.45) is 5.73 Å². The number of carbonyl (C=O) groups excluding carboxylic acids is 1. The van der Waals surface area contributed by atoms with Gasteiger partial charge in [-0.1, -0.05) is 0 Å². The lowest BCUT2D eigenvalue weighted by Crippen LogP contribution is -2.30. The molecule has 1 aromatic rings. The Kier molecular flexibility index (Phi) is 5.34. The van der Waals surface area contributed by atoms with Gasteiger partial charge in [-0.05, 0) is 0 Å². The summed E-state index contributed by atoms with van der Waals surface area (Å²) in [6, 6.07) is 0. The van der Waals surface area contributed by atoms with E-state index >= 15 is 0 Å². The minimum Gasteiger partial charge on any atom is -0.370 e. The van der Waals surface area contributed by atoms with Crippen molar-refractivity contribution in [2.45, 2.75) is 6.42 Å². The predicted octanol–water partition coefficient (Wildman–Crippen LogP) is -1.56. The molecular weight excluding hydrogens is 198 g/mol. The number of aromatic nitrogens is 3. The molecule has 1 aromatic heterocycles. The highest BCUT2D eigenvalue weighted by Crippen LogP contribution is 1.85. The average Bonchev–Trinajstić information content (AvgIpc) is 2.71. The maximum Gasteiger partial charge on any atom is 0.246 e. The summed E-state index contributed by atoms with van der Waals surface area (Å²) in [5, 5.41) is 9.08. The van der Waals surface area contributed by atoms with Gasteiger partial charge in [-0.15, -0.1) is 0 Å². The number of ether oxygens (including phenoxy) is 1. The molecule has 0 aliphatic carbocycles. The lowest BCUT2D eigenvalue weighted by molar-refractivity contribution is -0.125. The smallest absolute Gasteiger partial charge is 0.246 e. The van der Waals surface area contributed by atoms with Crippen molar-refractivity contribution in [3.63, 3.8) is 0 Å². The highest BCUT2D eigenvalue weighted by Gasteiger charge is 2.01. The van der Waals surface area contributed by atoms with E-state index in [9.17, 15) is 4.79 Å². The highest BCUT2D eigenvalue weighted by atomic mass is 16.5. The normalized spacial score (nSPS) is 10.2. The first-order valence-corrected chi connectivity index (χ1v) is 4.71. The summed E-state index contributed by atoms with van der Waals surface area (Å²) in [6.07, 6.45) is 2.06. The maximum absolute atomic E-state index is 11.1. The van der Waals surface area contributed by atoms with E-state index in [0.717, 1.165) is 5.82 Å². The molecule has 0 unspecified atom stereocenters. The maximum atomic E-state index is 11.1. The first kappa shape index (κ1) is 11.6. The van der Waals surface area contributed by atoms with Crippen LogP contribution in [0.25, 0.3) is 0 Å². The minimum atomic E-state index is -0.150. The minimum absolute atomic E-state index is 0.0492. The van der Waals surface area contributed by atoms with Gasteiger partial charge in [0.05, 0.1) is 6.61 Å². The van der Waals surface area contributed by atoms with Crippen LogP contribution in [0.4, 0.5) is 0 Å². The second-order valence-corrected chi connectivity index (χ2v) is 2.87. The number of carbonyl (C=O) groups is 1. The number of H-pyrrole nitrogens is 1. The van der Waals surface area contributed by atoms with Crippen LogP contribution in [-0.2, 0) is 16.0 Å². The van der Waals surface area contributed by atoms with Crippen LogP contribution in [0.1, 0.15) is 5.82 Å². The van der Waals surface area contributed by atoms with E-state index < -0.39 is 0 Å². The number of nitrogens with zero attached hydrogens (tertiary/aromatic N) is 2. The molecule has 84 valence electrons. The van der Waals surface area contributed by atoms with E-state index in [-0.39, 0.29) is 12.5 Å². The van der Waals surface area contributed by atoms with Crippen LogP contribution in [0.5, 0.6) is 0 Å². The number of hydrogen-bond donors (Lipinski definition) is 3. The first-order chi connectivity index (χ1) is 7.33. The fourth-order valence-corrected chi connectivity index (χ4v) is 0.971. The van der Waals surface area contributed by atoms with Gasteiger partial charge in [0, 0.05) is 19.5 Å². The lowest BCUT2D eigenvalue weighted by Gasteiger charge is -2.04. The topological polar surface area (TPSA) is 106 Å². The lowest BCUT2D eigenvalue weighted by atomic mass is 10.4. The quantitative estimate of drug-likeness (QED) is 0.475. The Morgan fingerprint density at radius 1 is 1.67 bits per heavy atom. The first-order valence-electron chi connectivity index (χ1n) is 4.71. The number of aromatic amines is 1. The molecule has 0 aliphatic heterocycles. The van der Waals surface area contributed by atoms with Crippen molar-refractivity contribution < 1.29 is 9.53 Å². The van der Waals surface area contributed by atoms with Gasteiger partial charge in [0.2, 0.25) is 5.91 Å². The van der Waals surface area contributed by atoms with Crippen LogP contribution in [0.3, 0.4) is 0 Å². The Morgan fingerprint density at radius 2 is 2.53 bits per heavy atom. The zero-order valence-corrected chi connectivity index (χ0v) is 8.40. The number of nitrogens with two attached hydrogens (primary N) is 1. The Bertz CT molecular complexity index is 275. The third-order valence-electron chi connectivity index (χ3n) is 1.64. The molecule has 1 heterocycles. The Hall–Kier alpha value is -1.47. The van der Waals surface area contributed by atoms with Crippen molar-refractivity contribution in [1.82, 2.24) is 20.5 Å². The van der Waals surface area contributed by atoms with Gasteiger partial charge in [-0.2, -0.15) is 5.10 Å². The molecule has 0 aliphatic rings. The average molecular weight is 213 g/mol. The number of hydrogen-bond acceptors (Lipinski definition) is 5. The second kappa shape index (κ2) is 6.91. The highest BCUT2D eigenvalue weighted by molar-refractivity contribution is 5.77. The summed E-state index contributed by atoms with van der Waals surface area (Å²) in [4.78, 5) is 15.0. The van der Waals surface area contributed by atoms with Gasteiger partial charge >= 0.3 is 0 Å². The predicted molar refractivity (Wildman–Crippen MR) is 53.0 cm³/mol. The largest absolute Gasteiger partial charge is 0.370 e. The van der Waals surface area contributed by atoms with Crippen LogP contribution in [0.15, 0.2) is 6.33 Å². The summed E-state index contributed by atoms with van der Waals surface area (Å²) < 4.78 is 4.96. The van der Waals surface area contributed by atoms with Gasteiger partial charge in [0.1, 0.15) is 18.8 Å². The molecule has 1 amide bonds. The molecule has 0 saturated heterocycles. The molecule has 1 rings (SSSR count). The van der Waals surface area contributed by atoms with E-state index in [4.69, 9.17) is 10.5 Å². The van der Waals surface area contributed by atoms with E-state index in [1.54, 1.807) is 0 Å². The summed E-state index contributed by atoms with van der Waals surface area (Å²) in [5.41, 5.74) is 5.20. The van der Waals surface area contributed by atoms with Crippen molar-refractivity contribution in [1.29, 1.82) is 0 Å². The van der Waals surface area contributed by atoms with Crippen LogP contribution < -0.4 is 11.1 Å². The molecule has 0 radical (unpaired) electrons. The zero-order chi connectivity index (χ0) is 10.9. The van der Waals surface area contributed by atoms with Crippen LogP contribution in [-0.4, -0.2) is 47.4 Å². The van der Waals surface area contributed by atoms with E-state index in [1.165, 1.54) is 6.33 Å². The molecule has 0 saturated carbocycles. The van der Waals surface area contributed by atoms with Crippen molar-refractivity contribution >= 4 is 5.91 Å². The van der Waals surface area contributed by atoms with Gasteiger partial charge in [-0.3, -0.25) is 9.89 Å². The standard InChI is InChI=1S/C8H15N5O2/c9-2-4-15-5-8(14)10-3-1-7-11-6-12-13-7/h6H,1-5,9H2,(H,10,14)(H,11,12,13). The number of amides is 1. The molecular formula is C8H15N5O2. The van der Waals surface area contributed by atoms with E-state index in [0.29, 0.717) is 26.1 Å². The van der Waals surface area contributed by atoms with Crippen LogP contribution in [0.2, 0.25) is 0 Å². The fraction of sp³-hybridized carbons (Fsp3) is 0.625. The summed E-state index contributed by atoms with van der Waals surface area (Å²) in [7, 11) is 0. The molecule has 0 fully saturated rings. The molecule has 0 atom stereocenters.